The standard InChI is InChI=1S/C25H36N2O5S/c1-3-31-16-32-14-21(26-24(28)18-10-8-17(2)9-11-18)13-19(25(29)27-30)12-20-15-33-23-7-5-4-6-22(20)23/h4-7,15,17-19,21,30H,3,8-14,16H2,1-2H3,(H,26,28)(H,27,29)/t17?,18?,19-,21-/m0/s1. The van der Waals surface area contributed by atoms with Gasteiger partial charge in [0.05, 0.1) is 12.6 Å². The first-order chi connectivity index (χ1) is 16.0. The molecule has 0 spiro atoms. The highest BCUT2D eigenvalue weighted by molar-refractivity contribution is 7.17. The summed E-state index contributed by atoms with van der Waals surface area (Å²) in [5, 5.41) is 15.7. The Labute approximate surface area is 199 Å². The molecular formula is C25H36N2O5S. The fourth-order valence-electron chi connectivity index (χ4n) is 4.52. The van der Waals surface area contributed by atoms with Crippen LogP contribution in [0.3, 0.4) is 0 Å². The van der Waals surface area contributed by atoms with Crippen LogP contribution in [0.25, 0.3) is 10.1 Å². The lowest BCUT2D eigenvalue weighted by Gasteiger charge is -2.29. The molecule has 0 radical (unpaired) electrons. The molecule has 1 aliphatic carbocycles. The Kier molecular flexibility index (Phi) is 10.1. The number of rotatable bonds is 12. The average Bonchev–Trinajstić information content (AvgIpc) is 3.24. The van der Waals surface area contributed by atoms with Gasteiger partial charge in [0.2, 0.25) is 11.8 Å². The van der Waals surface area contributed by atoms with Crippen molar-refractivity contribution in [2.45, 2.75) is 58.4 Å². The Morgan fingerprint density at radius 2 is 1.94 bits per heavy atom. The molecule has 0 saturated heterocycles. The number of amides is 2. The number of ether oxygens (including phenoxy) is 2. The van der Waals surface area contributed by atoms with Crippen molar-refractivity contribution in [1.29, 1.82) is 0 Å². The summed E-state index contributed by atoms with van der Waals surface area (Å²) in [7, 11) is 0. The summed E-state index contributed by atoms with van der Waals surface area (Å²) in [6.07, 6.45) is 4.73. The first-order valence-electron chi connectivity index (χ1n) is 11.9. The van der Waals surface area contributed by atoms with Crippen LogP contribution in [-0.4, -0.2) is 43.1 Å². The van der Waals surface area contributed by atoms with Gasteiger partial charge in [-0.05, 0) is 73.8 Å². The second-order valence-corrected chi connectivity index (χ2v) is 9.92. The van der Waals surface area contributed by atoms with Crippen molar-refractivity contribution in [1.82, 2.24) is 10.8 Å². The fraction of sp³-hybridized carbons (Fsp3) is 0.600. The Balaban J connectivity index is 1.70. The molecule has 8 heteroatoms. The maximum Gasteiger partial charge on any atom is 0.246 e. The van der Waals surface area contributed by atoms with Gasteiger partial charge in [0.25, 0.3) is 0 Å². The Hall–Kier alpha value is -2.00. The van der Waals surface area contributed by atoms with Gasteiger partial charge >= 0.3 is 0 Å². The van der Waals surface area contributed by atoms with Crippen LogP contribution < -0.4 is 10.8 Å². The lowest BCUT2D eigenvalue weighted by atomic mass is 9.82. The summed E-state index contributed by atoms with van der Waals surface area (Å²) >= 11 is 1.64. The fourth-order valence-corrected chi connectivity index (χ4v) is 5.49. The zero-order valence-electron chi connectivity index (χ0n) is 19.5. The van der Waals surface area contributed by atoms with Crippen LogP contribution in [0, 0.1) is 17.8 Å². The minimum absolute atomic E-state index is 0.00141. The molecule has 182 valence electrons. The van der Waals surface area contributed by atoms with E-state index in [-0.39, 0.29) is 31.3 Å². The number of carbonyl (C=O) groups excluding carboxylic acids is 2. The third kappa shape index (κ3) is 7.50. The van der Waals surface area contributed by atoms with E-state index in [2.05, 4.69) is 23.7 Å². The van der Waals surface area contributed by atoms with Gasteiger partial charge in [0.15, 0.2) is 0 Å². The first kappa shape index (κ1) is 25.6. The van der Waals surface area contributed by atoms with Crippen molar-refractivity contribution in [3.05, 3.63) is 35.2 Å². The van der Waals surface area contributed by atoms with Crippen LogP contribution in [0.1, 0.15) is 51.5 Å². The number of hydrogen-bond acceptors (Lipinski definition) is 6. The molecule has 0 bridgehead atoms. The van der Waals surface area contributed by atoms with Gasteiger partial charge < -0.3 is 14.8 Å². The molecule has 1 heterocycles. The second-order valence-electron chi connectivity index (χ2n) is 9.01. The van der Waals surface area contributed by atoms with Crippen molar-refractivity contribution in [2.24, 2.45) is 17.8 Å². The van der Waals surface area contributed by atoms with Crippen LogP contribution >= 0.6 is 11.3 Å². The summed E-state index contributed by atoms with van der Waals surface area (Å²) in [5.41, 5.74) is 2.88. The van der Waals surface area contributed by atoms with E-state index in [1.54, 1.807) is 11.3 Å². The third-order valence-electron chi connectivity index (χ3n) is 6.50. The molecule has 0 unspecified atom stereocenters. The van der Waals surface area contributed by atoms with Crippen LogP contribution in [0.4, 0.5) is 0 Å². The maximum atomic E-state index is 13.0. The highest BCUT2D eigenvalue weighted by atomic mass is 32.1. The van der Waals surface area contributed by atoms with E-state index in [9.17, 15) is 14.8 Å². The molecule has 1 fully saturated rings. The van der Waals surface area contributed by atoms with Gasteiger partial charge in [0, 0.05) is 23.1 Å². The van der Waals surface area contributed by atoms with Crippen molar-refractivity contribution in [3.8, 4) is 0 Å². The lowest BCUT2D eigenvalue weighted by molar-refractivity contribution is -0.135. The van der Waals surface area contributed by atoms with Gasteiger partial charge in [-0.25, -0.2) is 5.48 Å². The Bertz CT molecular complexity index is 894. The molecule has 0 aliphatic heterocycles. The van der Waals surface area contributed by atoms with Gasteiger partial charge in [0.1, 0.15) is 6.79 Å². The van der Waals surface area contributed by atoms with Gasteiger partial charge in [-0.3, -0.25) is 14.8 Å². The first-order valence-corrected chi connectivity index (χ1v) is 12.7. The average molecular weight is 477 g/mol. The molecule has 2 atom stereocenters. The van der Waals surface area contributed by atoms with E-state index in [1.165, 1.54) is 0 Å². The van der Waals surface area contributed by atoms with Crippen LogP contribution in [0.2, 0.25) is 0 Å². The second kappa shape index (κ2) is 13.0. The van der Waals surface area contributed by atoms with Gasteiger partial charge in [-0.1, -0.05) is 25.1 Å². The van der Waals surface area contributed by atoms with Crippen LogP contribution in [-0.2, 0) is 25.5 Å². The molecular weight excluding hydrogens is 440 g/mol. The molecule has 1 aromatic heterocycles. The van der Waals surface area contributed by atoms with Crippen molar-refractivity contribution < 1.29 is 24.3 Å². The molecule has 7 nitrogen and oxygen atoms in total. The molecule has 1 saturated carbocycles. The number of nitrogens with one attached hydrogen (secondary N) is 2. The Morgan fingerprint density at radius 1 is 1.18 bits per heavy atom. The number of hydroxylamine groups is 1. The van der Waals surface area contributed by atoms with Crippen LogP contribution in [0.15, 0.2) is 29.6 Å². The zero-order valence-corrected chi connectivity index (χ0v) is 20.4. The molecule has 2 amide bonds. The monoisotopic (exact) mass is 476 g/mol. The van der Waals surface area contributed by atoms with E-state index in [4.69, 9.17) is 9.47 Å². The van der Waals surface area contributed by atoms with Crippen molar-refractivity contribution >= 4 is 33.2 Å². The van der Waals surface area contributed by atoms with E-state index in [1.807, 2.05) is 30.6 Å². The SMILES string of the molecule is CCOCOC[C@H](C[C@H](Cc1csc2ccccc12)C(=O)NO)NC(=O)C1CCC(C)CC1. The topological polar surface area (TPSA) is 96.9 Å². The number of hydrogen-bond donors (Lipinski definition) is 3. The predicted molar refractivity (Wildman–Crippen MR) is 129 cm³/mol. The normalized spacial score (nSPS) is 20.3. The molecule has 33 heavy (non-hydrogen) atoms. The highest BCUT2D eigenvalue weighted by Crippen LogP contribution is 2.30. The smallest absolute Gasteiger partial charge is 0.246 e. The van der Waals surface area contributed by atoms with Gasteiger partial charge in [-0.2, -0.15) is 0 Å². The van der Waals surface area contributed by atoms with Crippen molar-refractivity contribution in [2.75, 3.05) is 20.0 Å². The number of fused-ring (bicyclic) bond motifs is 1. The minimum Gasteiger partial charge on any atom is -0.356 e. The molecule has 3 N–H and O–H groups in total. The van der Waals surface area contributed by atoms with Crippen molar-refractivity contribution in [3.63, 3.8) is 0 Å². The predicted octanol–water partition coefficient (Wildman–Crippen LogP) is 4.28. The molecule has 3 rings (SSSR count). The number of benzene rings is 1. The number of thiophene rings is 1. The summed E-state index contributed by atoms with van der Waals surface area (Å²) in [6, 6.07) is 7.72. The Morgan fingerprint density at radius 3 is 2.67 bits per heavy atom. The summed E-state index contributed by atoms with van der Waals surface area (Å²) in [6.45, 7) is 5.03. The van der Waals surface area contributed by atoms with E-state index in [0.29, 0.717) is 25.4 Å². The zero-order chi connectivity index (χ0) is 23.6. The van der Waals surface area contributed by atoms with E-state index < -0.39 is 11.8 Å². The third-order valence-corrected chi connectivity index (χ3v) is 7.51. The highest BCUT2D eigenvalue weighted by Gasteiger charge is 2.29. The van der Waals surface area contributed by atoms with E-state index in [0.717, 1.165) is 41.3 Å². The summed E-state index contributed by atoms with van der Waals surface area (Å²) in [5.74, 6) is -0.281. The largest absolute Gasteiger partial charge is 0.356 e. The van der Waals surface area contributed by atoms with Crippen LogP contribution in [0.5, 0.6) is 0 Å². The molecule has 1 aromatic carbocycles. The summed E-state index contributed by atoms with van der Waals surface area (Å²) in [4.78, 5) is 25.5. The lowest BCUT2D eigenvalue weighted by Crippen LogP contribution is -2.45. The number of carbonyl (C=O) groups is 2. The quantitative estimate of drug-likeness (QED) is 0.184. The molecule has 2 aromatic rings. The maximum absolute atomic E-state index is 13.0. The molecule has 1 aliphatic rings. The van der Waals surface area contributed by atoms with Gasteiger partial charge in [-0.15, -0.1) is 11.3 Å². The van der Waals surface area contributed by atoms with E-state index >= 15 is 0 Å². The summed E-state index contributed by atoms with van der Waals surface area (Å²) < 4.78 is 12.1. The minimum atomic E-state index is -0.514.